The summed E-state index contributed by atoms with van der Waals surface area (Å²) in [5, 5.41) is 0. The summed E-state index contributed by atoms with van der Waals surface area (Å²) in [5.74, 6) is -0.955. The summed E-state index contributed by atoms with van der Waals surface area (Å²) in [6, 6.07) is 21.2. The zero-order chi connectivity index (χ0) is 22.3. The number of rotatable bonds is 4. The maximum atomic E-state index is 14.2. The van der Waals surface area contributed by atoms with Gasteiger partial charge in [0.15, 0.2) is 17.1 Å². The number of hydrogen-bond acceptors (Lipinski definition) is 4. The van der Waals surface area contributed by atoms with Gasteiger partial charge in [-0.2, -0.15) is 0 Å². The second kappa shape index (κ2) is 8.08. The van der Waals surface area contributed by atoms with E-state index >= 15 is 0 Å². The van der Waals surface area contributed by atoms with Crippen molar-refractivity contribution in [3.8, 4) is 0 Å². The number of aryl methyl sites for hydroxylation is 1. The normalized spacial score (nSPS) is 18.7. The molecule has 0 radical (unpaired) electrons. The molecule has 162 valence electrons. The van der Waals surface area contributed by atoms with Crippen LogP contribution in [0.3, 0.4) is 0 Å². The van der Waals surface area contributed by atoms with Crippen molar-refractivity contribution in [3.63, 3.8) is 0 Å². The Hall–Kier alpha value is -3.15. The third-order valence-electron chi connectivity index (χ3n) is 6.82. The molecule has 5 rings (SSSR count). The molecule has 1 aliphatic heterocycles. The number of hydrogen-bond donors (Lipinski definition) is 0. The van der Waals surface area contributed by atoms with Crippen LogP contribution in [-0.4, -0.2) is 47.5 Å². The highest BCUT2D eigenvalue weighted by molar-refractivity contribution is 6.32. The molecule has 0 bridgehead atoms. The maximum Gasteiger partial charge on any atom is 0.196 e. The van der Waals surface area contributed by atoms with Gasteiger partial charge in [-0.25, -0.2) is 4.39 Å². The Balaban J connectivity index is 1.48. The summed E-state index contributed by atoms with van der Waals surface area (Å²) in [7, 11) is 0. The van der Waals surface area contributed by atoms with E-state index in [2.05, 4.69) is 24.0 Å². The van der Waals surface area contributed by atoms with Gasteiger partial charge in [-0.1, -0.05) is 60.7 Å². The Morgan fingerprint density at radius 2 is 1.44 bits per heavy atom. The predicted octanol–water partition coefficient (Wildman–Crippen LogP) is 4.23. The first-order chi connectivity index (χ1) is 15.5. The minimum atomic E-state index is -1.50. The lowest BCUT2D eigenvalue weighted by Gasteiger charge is -2.44. The van der Waals surface area contributed by atoms with Gasteiger partial charge in [0, 0.05) is 43.9 Å². The number of nitrogens with zero attached hydrogens (tertiary/aromatic N) is 2. The Morgan fingerprint density at radius 1 is 0.812 bits per heavy atom. The molecule has 0 saturated carbocycles. The summed E-state index contributed by atoms with van der Waals surface area (Å²) in [6.07, 6.45) is 0. The van der Waals surface area contributed by atoms with Gasteiger partial charge in [0.05, 0.1) is 0 Å². The topological polar surface area (TPSA) is 40.6 Å². The fourth-order valence-electron chi connectivity index (χ4n) is 5.09. The molecule has 3 aromatic carbocycles. The minimum absolute atomic E-state index is 0.254. The zero-order valence-corrected chi connectivity index (χ0v) is 18.1. The van der Waals surface area contributed by atoms with Crippen LogP contribution in [0.25, 0.3) is 0 Å². The molecule has 1 fully saturated rings. The van der Waals surface area contributed by atoms with E-state index in [0.717, 1.165) is 19.6 Å². The van der Waals surface area contributed by atoms with E-state index in [0.29, 0.717) is 29.8 Å². The second-order valence-electron chi connectivity index (χ2n) is 8.61. The van der Waals surface area contributed by atoms with E-state index in [-0.39, 0.29) is 11.6 Å². The summed E-state index contributed by atoms with van der Waals surface area (Å²) < 4.78 is 14.2. The Labute approximate surface area is 187 Å². The minimum Gasteiger partial charge on any atom is -0.297 e. The Kier molecular flexibility index (Phi) is 5.24. The molecule has 1 heterocycles. The van der Waals surface area contributed by atoms with Crippen molar-refractivity contribution < 1.29 is 14.0 Å². The zero-order valence-electron chi connectivity index (χ0n) is 18.1. The van der Waals surface area contributed by atoms with Crippen LogP contribution in [0, 0.1) is 12.7 Å². The molecule has 1 saturated heterocycles. The van der Waals surface area contributed by atoms with E-state index in [4.69, 9.17) is 0 Å². The van der Waals surface area contributed by atoms with Crippen molar-refractivity contribution in [1.29, 1.82) is 0 Å². The molecule has 0 N–H and O–H groups in total. The van der Waals surface area contributed by atoms with Crippen molar-refractivity contribution in [2.45, 2.75) is 19.0 Å². The summed E-state index contributed by atoms with van der Waals surface area (Å²) >= 11 is 0. The largest absolute Gasteiger partial charge is 0.297 e. The number of carbonyl (C=O) groups is 2. The summed E-state index contributed by atoms with van der Waals surface area (Å²) in [6.45, 7) is 5.49. The van der Waals surface area contributed by atoms with E-state index in [1.807, 2.05) is 17.0 Å². The maximum absolute atomic E-state index is 14.2. The van der Waals surface area contributed by atoms with Crippen molar-refractivity contribution in [3.05, 3.63) is 106 Å². The lowest BCUT2D eigenvalue weighted by molar-refractivity contribution is 0.0278. The molecule has 3 aromatic rings. The molecule has 5 heteroatoms. The molecule has 0 aromatic heterocycles. The highest BCUT2D eigenvalue weighted by Gasteiger charge is 2.58. The second-order valence-corrected chi connectivity index (χ2v) is 8.61. The van der Waals surface area contributed by atoms with Gasteiger partial charge in [0.1, 0.15) is 5.82 Å². The first-order valence-electron chi connectivity index (χ1n) is 11.0. The first-order valence-corrected chi connectivity index (χ1v) is 11.0. The van der Waals surface area contributed by atoms with E-state index in [1.54, 1.807) is 36.4 Å². The van der Waals surface area contributed by atoms with E-state index in [1.165, 1.54) is 23.3 Å². The molecule has 0 unspecified atom stereocenters. The van der Waals surface area contributed by atoms with Crippen LogP contribution in [0.1, 0.15) is 37.4 Å². The molecule has 2 aliphatic rings. The third kappa shape index (κ3) is 3.20. The monoisotopic (exact) mass is 428 g/mol. The molecule has 1 aliphatic carbocycles. The van der Waals surface area contributed by atoms with Crippen molar-refractivity contribution in [2.75, 3.05) is 26.2 Å². The molecule has 0 atom stereocenters. The van der Waals surface area contributed by atoms with Crippen molar-refractivity contribution >= 4 is 11.6 Å². The lowest BCUT2D eigenvalue weighted by Crippen LogP contribution is -2.60. The number of ketones is 2. The number of carbonyl (C=O) groups excluding carboxylic acids is 2. The van der Waals surface area contributed by atoms with Crippen LogP contribution in [0.4, 0.5) is 4.39 Å². The summed E-state index contributed by atoms with van der Waals surface area (Å²) in [5.41, 5.74) is 2.29. The first kappa shape index (κ1) is 20.7. The van der Waals surface area contributed by atoms with Crippen LogP contribution < -0.4 is 0 Å². The van der Waals surface area contributed by atoms with Crippen molar-refractivity contribution in [2.24, 2.45) is 0 Å². The SMILES string of the molecule is Cc1ccccc1CN1CCN(C2(c3cccc(F)c3)C(=O)c3ccccc3C2=O)CC1. The van der Waals surface area contributed by atoms with Crippen LogP contribution in [0.2, 0.25) is 0 Å². The Bertz CT molecular complexity index is 1160. The van der Waals surface area contributed by atoms with Gasteiger partial charge in [-0.3, -0.25) is 19.4 Å². The van der Waals surface area contributed by atoms with Crippen molar-refractivity contribution in [1.82, 2.24) is 9.80 Å². The standard InChI is InChI=1S/C27H25FN2O2/c1-19-7-2-3-8-20(19)18-29-13-15-30(16-14-29)27(21-9-6-10-22(28)17-21)25(31)23-11-4-5-12-24(23)26(27)32/h2-12,17H,13-16,18H2,1H3. The fourth-order valence-corrected chi connectivity index (χ4v) is 5.09. The highest BCUT2D eigenvalue weighted by atomic mass is 19.1. The highest BCUT2D eigenvalue weighted by Crippen LogP contribution is 2.43. The van der Waals surface area contributed by atoms with Crippen LogP contribution in [0.15, 0.2) is 72.8 Å². The fraction of sp³-hybridized carbons (Fsp3) is 0.259. The van der Waals surface area contributed by atoms with Gasteiger partial charge in [-0.05, 0) is 35.7 Å². The molecule has 32 heavy (non-hydrogen) atoms. The predicted molar refractivity (Wildman–Crippen MR) is 121 cm³/mol. The van der Waals surface area contributed by atoms with Crippen LogP contribution in [0.5, 0.6) is 0 Å². The number of benzene rings is 3. The quantitative estimate of drug-likeness (QED) is 0.584. The molecular weight excluding hydrogens is 403 g/mol. The van der Waals surface area contributed by atoms with Gasteiger partial charge in [0.25, 0.3) is 0 Å². The van der Waals surface area contributed by atoms with Gasteiger partial charge >= 0.3 is 0 Å². The molecule has 4 nitrogen and oxygen atoms in total. The number of Topliss-reactive ketones (excluding diaryl/α,β-unsaturated/α-hetero) is 2. The number of piperazine rings is 1. The lowest BCUT2D eigenvalue weighted by atomic mass is 9.82. The van der Waals surface area contributed by atoms with Crippen LogP contribution >= 0.6 is 0 Å². The number of fused-ring (bicyclic) bond motifs is 1. The van der Waals surface area contributed by atoms with Gasteiger partial charge in [0.2, 0.25) is 0 Å². The Morgan fingerprint density at radius 3 is 2.06 bits per heavy atom. The molecule has 0 amide bonds. The van der Waals surface area contributed by atoms with E-state index in [9.17, 15) is 14.0 Å². The van der Waals surface area contributed by atoms with Gasteiger partial charge in [-0.15, -0.1) is 0 Å². The number of halogens is 1. The third-order valence-corrected chi connectivity index (χ3v) is 6.82. The van der Waals surface area contributed by atoms with Crippen LogP contribution in [-0.2, 0) is 12.1 Å². The van der Waals surface area contributed by atoms with E-state index < -0.39 is 11.4 Å². The average molecular weight is 429 g/mol. The summed E-state index contributed by atoms with van der Waals surface area (Å²) in [4.78, 5) is 31.8. The molecule has 0 spiro atoms. The average Bonchev–Trinajstić information content (AvgIpc) is 3.04. The smallest absolute Gasteiger partial charge is 0.196 e. The molecular formula is C27H25FN2O2. The van der Waals surface area contributed by atoms with Gasteiger partial charge < -0.3 is 0 Å².